The monoisotopic (exact) mass is 367 g/mol. The maximum atomic E-state index is 11.1. The molecule has 0 amide bonds. The van der Waals surface area contributed by atoms with Crippen molar-refractivity contribution < 1.29 is 9.52 Å². The number of nitrogens with zero attached hydrogens (tertiary/aromatic N) is 1. The van der Waals surface area contributed by atoms with Gasteiger partial charge in [-0.3, -0.25) is 4.98 Å². The Morgan fingerprint density at radius 3 is 2.64 bits per heavy atom. The number of furan rings is 1. The lowest BCUT2D eigenvalue weighted by molar-refractivity contribution is 0.220. The van der Waals surface area contributed by atoms with Gasteiger partial charge in [-0.1, -0.05) is 35.9 Å². The Labute approximate surface area is 154 Å². The Morgan fingerprint density at radius 1 is 1.04 bits per heavy atom. The van der Waals surface area contributed by atoms with E-state index in [1.807, 2.05) is 47.8 Å². The van der Waals surface area contributed by atoms with Crippen molar-refractivity contribution >= 4 is 22.9 Å². The lowest BCUT2D eigenvalue weighted by Crippen LogP contribution is -2.02. The fourth-order valence-electron chi connectivity index (χ4n) is 2.82. The summed E-state index contributed by atoms with van der Waals surface area (Å²) < 4.78 is 5.87. The lowest BCUT2D eigenvalue weighted by atomic mass is 9.96. The minimum absolute atomic E-state index is 0.574. The number of hydrogen-bond acceptors (Lipinski definition) is 4. The van der Waals surface area contributed by atoms with E-state index in [4.69, 9.17) is 16.0 Å². The van der Waals surface area contributed by atoms with Crippen molar-refractivity contribution in [3.05, 3.63) is 88.7 Å². The number of halogens is 1. The average molecular weight is 368 g/mol. The summed E-state index contributed by atoms with van der Waals surface area (Å²) in [5.41, 5.74) is 3.02. The van der Waals surface area contributed by atoms with Gasteiger partial charge < -0.3 is 9.52 Å². The molecular formula is C20H14ClNO2S. The Hall–Kier alpha value is -2.40. The van der Waals surface area contributed by atoms with Crippen LogP contribution in [0.1, 0.15) is 17.2 Å². The second-order valence-corrected chi connectivity index (χ2v) is 6.89. The molecule has 0 saturated heterocycles. The van der Waals surface area contributed by atoms with Crippen LogP contribution >= 0.6 is 22.9 Å². The highest BCUT2D eigenvalue weighted by Gasteiger charge is 2.26. The molecule has 3 heterocycles. The van der Waals surface area contributed by atoms with Crippen LogP contribution in [0.2, 0.25) is 5.02 Å². The van der Waals surface area contributed by atoms with Crippen LogP contribution in [0.4, 0.5) is 0 Å². The van der Waals surface area contributed by atoms with E-state index in [0.717, 1.165) is 16.0 Å². The van der Waals surface area contributed by atoms with Gasteiger partial charge in [0.2, 0.25) is 0 Å². The van der Waals surface area contributed by atoms with Gasteiger partial charge in [0, 0.05) is 39.5 Å². The van der Waals surface area contributed by atoms with Gasteiger partial charge in [-0.15, -0.1) is 11.3 Å². The molecule has 0 bridgehead atoms. The third-order valence-corrected chi connectivity index (χ3v) is 5.24. The first-order chi connectivity index (χ1) is 12.3. The summed E-state index contributed by atoms with van der Waals surface area (Å²) in [6.45, 7) is 0. The van der Waals surface area contributed by atoms with Gasteiger partial charge in [-0.25, -0.2) is 0 Å². The molecule has 0 aliphatic heterocycles. The van der Waals surface area contributed by atoms with E-state index in [0.29, 0.717) is 21.9 Å². The molecule has 0 aliphatic carbocycles. The first-order valence-electron chi connectivity index (χ1n) is 7.74. The molecule has 0 saturated carbocycles. The molecule has 3 aromatic heterocycles. The van der Waals surface area contributed by atoms with E-state index in [9.17, 15) is 5.11 Å². The maximum absolute atomic E-state index is 11.1. The van der Waals surface area contributed by atoms with Crippen molar-refractivity contribution in [2.45, 2.75) is 6.10 Å². The Kier molecular flexibility index (Phi) is 4.40. The fourth-order valence-corrected chi connectivity index (χ4v) is 3.79. The van der Waals surface area contributed by atoms with E-state index in [2.05, 4.69) is 4.98 Å². The molecule has 0 radical (unpaired) electrons. The van der Waals surface area contributed by atoms with Crippen molar-refractivity contribution in [2.24, 2.45) is 0 Å². The summed E-state index contributed by atoms with van der Waals surface area (Å²) in [6, 6.07) is 15.1. The molecule has 25 heavy (non-hydrogen) atoms. The fraction of sp³-hybridized carbons (Fsp3) is 0.0500. The second-order valence-electron chi connectivity index (χ2n) is 5.54. The molecule has 124 valence electrons. The largest absolute Gasteiger partial charge is 0.463 e. The SMILES string of the molecule is OC(c1cccnc1)c1c(-c2cccs2)coc1-c1ccccc1Cl. The molecule has 4 aromatic rings. The van der Waals surface area contributed by atoms with Crippen LogP contribution < -0.4 is 0 Å². The number of hydrogen-bond donors (Lipinski definition) is 1. The third kappa shape index (κ3) is 3.00. The second kappa shape index (κ2) is 6.84. The summed E-state index contributed by atoms with van der Waals surface area (Å²) in [5, 5.41) is 13.6. The lowest BCUT2D eigenvalue weighted by Gasteiger charge is -2.14. The first-order valence-corrected chi connectivity index (χ1v) is 8.99. The summed E-state index contributed by atoms with van der Waals surface area (Å²) in [5.74, 6) is 0.574. The van der Waals surface area contributed by atoms with Crippen LogP contribution in [0.25, 0.3) is 21.8 Å². The number of pyridine rings is 1. The quantitative estimate of drug-likeness (QED) is 0.495. The van der Waals surface area contributed by atoms with Crippen LogP contribution in [-0.4, -0.2) is 10.1 Å². The predicted octanol–water partition coefficient (Wildman–Crippen LogP) is 5.81. The molecule has 0 fully saturated rings. The Balaban J connectivity index is 1.93. The number of thiophene rings is 1. The minimum Gasteiger partial charge on any atom is -0.463 e. The van der Waals surface area contributed by atoms with Crippen molar-refractivity contribution in [3.63, 3.8) is 0 Å². The highest BCUT2D eigenvalue weighted by Crippen LogP contribution is 2.43. The van der Waals surface area contributed by atoms with Gasteiger partial charge >= 0.3 is 0 Å². The van der Waals surface area contributed by atoms with Crippen LogP contribution in [0, 0.1) is 0 Å². The van der Waals surface area contributed by atoms with E-state index < -0.39 is 6.10 Å². The Bertz CT molecular complexity index is 980. The van der Waals surface area contributed by atoms with Gasteiger partial charge in [-0.2, -0.15) is 0 Å². The molecule has 0 aliphatic rings. The number of benzene rings is 1. The molecule has 3 nitrogen and oxygen atoms in total. The highest BCUT2D eigenvalue weighted by atomic mass is 35.5. The highest BCUT2D eigenvalue weighted by molar-refractivity contribution is 7.13. The van der Waals surface area contributed by atoms with Gasteiger partial charge in [0.25, 0.3) is 0 Å². The van der Waals surface area contributed by atoms with Crippen molar-refractivity contribution in [3.8, 4) is 21.8 Å². The van der Waals surface area contributed by atoms with Crippen LogP contribution in [0.3, 0.4) is 0 Å². The predicted molar refractivity (Wildman–Crippen MR) is 101 cm³/mol. The van der Waals surface area contributed by atoms with E-state index in [1.54, 1.807) is 36.1 Å². The van der Waals surface area contributed by atoms with Crippen LogP contribution in [0.5, 0.6) is 0 Å². The molecule has 1 unspecified atom stereocenters. The van der Waals surface area contributed by atoms with E-state index in [1.165, 1.54) is 0 Å². The summed E-state index contributed by atoms with van der Waals surface area (Å²) in [7, 11) is 0. The smallest absolute Gasteiger partial charge is 0.142 e. The van der Waals surface area contributed by atoms with E-state index >= 15 is 0 Å². The van der Waals surface area contributed by atoms with Crippen LogP contribution in [0.15, 0.2) is 77.0 Å². The zero-order valence-corrected chi connectivity index (χ0v) is 14.7. The molecule has 5 heteroatoms. The number of aliphatic hydroxyl groups is 1. The van der Waals surface area contributed by atoms with Crippen molar-refractivity contribution in [1.29, 1.82) is 0 Å². The molecular weight excluding hydrogens is 354 g/mol. The minimum atomic E-state index is -0.865. The molecule has 1 aromatic carbocycles. The van der Waals surface area contributed by atoms with Gasteiger partial charge in [0.15, 0.2) is 0 Å². The van der Waals surface area contributed by atoms with Gasteiger partial charge in [-0.05, 0) is 29.6 Å². The summed E-state index contributed by atoms with van der Waals surface area (Å²) in [6.07, 6.45) is 4.16. The normalized spacial score (nSPS) is 12.2. The zero-order chi connectivity index (χ0) is 17.2. The molecule has 0 spiro atoms. The number of rotatable bonds is 4. The molecule has 1 atom stereocenters. The molecule has 1 N–H and O–H groups in total. The van der Waals surface area contributed by atoms with Crippen molar-refractivity contribution in [1.82, 2.24) is 4.98 Å². The topological polar surface area (TPSA) is 46.3 Å². The number of aliphatic hydroxyl groups excluding tert-OH is 1. The van der Waals surface area contributed by atoms with Gasteiger partial charge in [0.05, 0.1) is 5.02 Å². The third-order valence-electron chi connectivity index (χ3n) is 4.01. The van der Waals surface area contributed by atoms with Crippen molar-refractivity contribution in [2.75, 3.05) is 0 Å². The maximum Gasteiger partial charge on any atom is 0.142 e. The number of aromatic nitrogens is 1. The summed E-state index contributed by atoms with van der Waals surface area (Å²) >= 11 is 7.96. The first kappa shape index (κ1) is 16.1. The van der Waals surface area contributed by atoms with Crippen LogP contribution in [-0.2, 0) is 0 Å². The molecule has 4 rings (SSSR count). The summed E-state index contributed by atoms with van der Waals surface area (Å²) in [4.78, 5) is 5.14. The average Bonchev–Trinajstić information content (AvgIpc) is 3.31. The standard InChI is InChI=1S/C20H14ClNO2S/c21-16-7-2-1-6-14(16)20-18(19(23)13-5-3-9-22-11-13)15(12-24-20)17-8-4-10-25-17/h1-12,19,23H. The van der Waals surface area contributed by atoms with E-state index in [-0.39, 0.29) is 0 Å². The van der Waals surface area contributed by atoms with Gasteiger partial charge in [0.1, 0.15) is 18.1 Å². The Morgan fingerprint density at radius 2 is 1.92 bits per heavy atom. The zero-order valence-electron chi connectivity index (χ0n) is 13.1.